The zero-order chi connectivity index (χ0) is 13.7. The Bertz CT molecular complexity index is 319. The predicted octanol–water partition coefficient (Wildman–Crippen LogP) is 1.36. The number of hydrogen-bond donors (Lipinski definition) is 0. The molecule has 1 unspecified atom stereocenters. The lowest BCUT2D eigenvalue weighted by atomic mass is 9.99. The third-order valence-electron chi connectivity index (χ3n) is 4.09. The molecule has 1 heterocycles. The molecule has 1 atom stereocenters. The standard InChI is InChI=1S/C14H23NO4/c1-18-13(16)9-15(12-6-2-3-7-12)14(17)11-5-4-8-19-10-11/h11-12H,2-10H2,1H3. The molecule has 0 aromatic heterocycles. The van der Waals surface area contributed by atoms with E-state index in [0.29, 0.717) is 6.61 Å². The fraction of sp³-hybridized carbons (Fsp3) is 0.857. The molecule has 2 fully saturated rings. The summed E-state index contributed by atoms with van der Waals surface area (Å²) in [5.41, 5.74) is 0. The molecule has 2 rings (SSSR count). The molecule has 0 radical (unpaired) electrons. The Morgan fingerprint density at radius 3 is 2.53 bits per heavy atom. The number of ether oxygens (including phenoxy) is 2. The minimum absolute atomic E-state index is 0.0667. The normalized spacial score (nSPS) is 24.2. The molecular weight excluding hydrogens is 246 g/mol. The van der Waals surface area contributed by atoms with Gasteiger partial charge in [0.05, 0.1) is 19.6 Å². The minimum atomic E-state index is -0.336. The monoisotopic (exact) mass is 269 g/mol. The number of nitrogens with zero attached hydrogens (tertiary/aromatic N) is 1. The van der Waals surface area contributed by atoms with Crippen LogP contribution in [0.4, 0.5) is 0 Å². The van der Waals surface area contributed by atoms with E-state index in [0.717, 1.165) is 45.1 Å². The van der Waals surface area contributed by atoms with Gasteiger partial charge >= 0.3 is 5.97 Å². The quantitative estimate of drug-likeness (QED) is 0.723. The van der Waals surface area contributed by atoms with Crippen LogP contribution in [-0.4, -0.2) is 49.7 Å². The first-order chi connectivity index (χ1) is 9.22. The second-order valence-electron chi connectivity index (χ2n) is 5.39. The maximum absolute atomic E-state index is 12.6. The fourth-order valence-electron chi connectivity index (χ4n) is 2.98. The maximum atomic E-state index is 12.6. The molecular formula is C14H23NO4. The third-order valence-corrected chi connectivity index (χ3v) is 4.09. The van der Waals surface area contributed by atoms with Crippen LogP contribution >= 0.6 is 0 Å². The SMILES string of the molecule is COC(=O)CN(C(=O)C1CCCOC1)C1CCCC1. The molecule has 5 heteroatoms. The van der Waals surface area contributed by atoms with Gasteiger partial charge in [0.2, 0.25) is 5.91 Å². The number of carbonyl (C=O) groups excluding carboxylic acids is 2. The summed E-state index contributed by atoms with van der Waals surface area (Å²) in [5, 5.41) is 0. The lowest BCUT2D eigenvalue weighted by Crippen LogP contribution is -2.47. The Morgan fingerprint density at radius 2 is 1.95 bits per heavy atom. The van der Waals surface area contributed by atoms with Crippen molar-refractivity contribution in [1.29, 1.82) is 0 Å². The van der Waals surface area contributed by atoms with Crippen molar-refractivity contribution in [3.8, 4) is 0 Å². The van der Waals surface area contributed by atoms with E-state index in [1.807, 2.05) is 0 Å². The van der Waals surface area contributed by atoms with E-state index in [-0.39, 0.29) is 30.4 Å². The molecule has 0 N–H and O–H groups in total. The van der Waals surface area contributed by atoms with Gasteiger partial charge in [-0.05, 0) is 25.7 Å². The molecule has 1 aliphatic heterocycles. The smallest absolute Gasteiger partial charge is 0.325 e. The molecule has 0 bridgehead atoms. The van der Waals surface area contributed by atoms with Crippen molar-refractivity contribution in [2.75, 3.05) is 26.9 Å². The first-order valence-corrected chi connectivity index (χ1v) is 7.17. The first kappa shape index (κ1) is 14.3. The summed E-state index contributed by atoms with van der Waals surface area (Å²) in [6.45, 7) is 1.31. The minimum Gasteiger partial charge on any atom is -0.468 e. The Balaban J connectivity index is 2.01. The van der Waals surface area contributed by atoms with Crippen molar-refractivity contribution in [2.24, 2.45) is 5.92 Å². The highest BCUT2D eigenvalue weighted by Crippen LogP contribution is 2.26. The van der Waals surface area contributed by atoms with E-state index in [9.17, 15) is 9.59 Å². The highest BCUT2D eigenvalue weighted by Gasteiger charge is 2.33. The van der Waals surface area contributed by atoms with Crippen LogP contribution in [0.1, 0.15) is 38.5 Å². The van der Waals surface area contributed by atoms with Gasteiger partial charge in [-0.1, -0.05) is 12.8 Å². The molecule has 1 aliphatic carbocycles. The van der Waals surface area contributed by atoms with Gasteiger partial charge in [0.15, 0.2) is 0 Å². The highest BCUT2D eigenvalue weighted by molar-refractivity contribution is 5.84. The summed E-state index contributed by atoms with van der Waals surface area (Å²) in [6.07, 6.45) is 6.05. The summed E-state index contributed by atoms with van der Waals surface area (Å²) in [6, 6.07) is 0.202. The molecule has 5 nitrogen and oxygen atoms in total. The van der Waals surface area contributed by atoms with E-state index < -0.39 is 0 Å². The van der Waals surface area contributed by atoms with Gasteiger partial charge in [-0.25, -0.2) is 0 Å². The number of carbonyl (C=O) groups is 2. The molecule has 19 heavy (non-hydrogen) atoms. The Morgan fingerprint density at radius 1 is 1.21 bits per heavy atom. The van der Waals surface area contributed by atoms with Crippen LogP contribution < -0.4 is 0 Å². The number of hydrogen-bond acceptors (Lipinski definition) is 4. The third kappa shape index (κ3) is 3.69. The molecule has 1 saturated carbocycles. The molecule has 1 saturated heterocycles. The van der Waals surface area contributed by atoms with E-state index >= 15 is 0 Å². The molecule has 1 amide bonds. The van der Waals surface area contributed by atoms with E-state index in [4.69, 9.17) is 9.47 Å². The Labute approximate surface area is 114 Å². The van der Waals surface area contributed by atoms with Crippen LogP contribution in [0.2, 0.25) is 0 Å². The molecule has 0 aromatic rings. The van der Waals surface area contributed by atoms with Gasteiger partial charge < -0.3 is 14.4 Å². The van der Waals surface area contributed by atoms with Crippen LogP contribution in [0.15, 0.2) is 0 Å². The van der Waals surface area contributed by atoms with Crippen molar-refractivity contribution < 1.29 is 19.1 Å². The van der Waals surface area contributed by atoms with Crippen LogP contribution in [0.5, 0.6) is 0 Å². The predicted molar refractivity (Wildman–Crippen MR) is 69.5 cm³/mol. The zero-order valence-corrected chi connectivity index (χ0v) is 11.6. The van der Waals surface area contributed by atoms with Crippen LogP contribution in [0.25, 0.3) is 0 Å². The molecule has 0 spiro atoms. The van der Waals surface area contributed by atoms with Crippen LogP contribution in [0, 0.1) is 5.92 Å². The van der Waals surface area contributed by atoms with Crippen LogP contribution in [-0.2, 0) is 19.1 Å². The summed E-state index contributed by atoms with van der Waals surface area (Å²) < 4.78 is 10.1. The topological polar surface area (TPSA) is 55.8 Å². The highest BCUT2D eigenvalue weighted by atomic mass is 16.5. The van der Waals surface area contributed by atoms with Gasteiger partial charge in [0.25, 0.3) is 0 Å². The summed E-state index contributed by atoms with van der Waals surface area (Å²) >= 11 is 0. The van der Waals surface area contributed by atoms with Gasteiger partial charge in [-0.15, -0.1) is 0 Å². The lowest BCUT2D eigenvalue weighted by Gasteiger charge is -2.32. The second kappa shape index (κ2) is 6.89. The van der Waals surface area contributed by atoms with E-state index in [1.54, 1.807) is 4.90 Å². The fourth-order valence-corrected chi connectivity index (χ4v) is 2.98. The van der Waals surface area contributed by atoms with E-state index in [2.05, 4.69) is 0 Å². The van der Waals surface area contributed by atoms with Crippen molar-refractivity contribution in [1.82, 2.24) is 4.90 Å². The van der Waals surface area contributed by atoms with Crippen molar-refractivity contribution in [3.05, 3.63) is 0 Å². The summed E-state index contributed by atoms with van der Waals surface area (Å²) in [7, 11) is 1.36. The Kier molecular flexibility index (Phi) is 5.19. The largest absolute Gasteiger partial charge is 0.468 e. The van der Waals surface area contributed by atoms with E-state index in [1.165, 1.54) is 7.11 Å². The molecule has 0 aromatic carbocycles. The average Bonchev–Trinajstić information content (AvgIpc) is 2.98. The van der Waals surface area contributed by atoms with Gasteiger partial charge in [0, 0.05) is 12.6 Å². The second-order valence-corrected chi connectivity index (χ2v) is 5.39. The van der Waals surface area contributed by atoms with Gasteiger partial charge in [-0.3, -0.25) is 9.59 Å². The van der Waals surface area contributed by atoms with Crippen molar-refractivity contribution >= 4 is 11.9 Å². The maximum Gasteiger partial charge on any atom is 0.325 e. The van der Waals surface area contributed by atoms with Gasteiger partial charge in [0.1, 0.15) is 6.54 Å². The molecule has 2 aliphatic rings. The summed E-state index contributed by atoms with van der Waals surface area (Å²) in [4.78, 5) is 25.8. The summed E-state index contributed by atoms with van der Waals surface area (Å²) in [5.74, 6) is -0.354. The Hall–Kier alpha value is -1.10. The van der Waals surface area contributed by atoms with Crippen molar-refractivity contribution in [2.45, 2.75) is 44.6 Å². The molecule has 108 valence electrons. The zero-order valence-electron chi connectivity index (χ0n) is 11.6. The number of amides is 1. The average molecular weight is 269 g/mol. The number of methoxy groups -OCH3 is 1. The number of esters is 1. The van der Waals surface area contributed by atoms with Crippen LogP contribution in [0.3, 0.4) is 0 Å². The van der Waals surface area contributed by atoms with Crippen molar-refractivity contribution in [3.63, 3.8) is 0 Å². The lowest BCUT2D eigenvalue weighted by molar-refractivity contribution is -0.152. The number of rotatable bonds is 4. The first-order valence-electron chi connectivity index (χ1n) is 7.17. The van der Waals surface area contributed by atoms with Gasteiger partial charge in [-0.2, -0.15) is 0 Å².